The third-order valence-electron chi connectivity index (χ3n) is 6.83. The zero-order valence-electron chi connectivity index (χ0n) is 23.3. The van der Waals surface area contributed by atoms with Gasteiger partial charge in [-0.3, -0.25) is 14.5 Å². The first kappa shape index (κ1) is 29.7. The van der Waals surface area contributed by atoms with Crippen LogP contribution in [0.3, 0.4) is 0 Å². The highest BCUT2D eigenvalue weighted by atomic mass is 19.4. The molecule has 0 saturated carbocycles. The van der Waals surface area contributed by atoms with Gasteiger partial charge in [-0.2, -0.15) is 13.2 Å². The third-order valence-corrected chi connectivity index (χ3v) is 6.83. The molecule has 1 aliphatic rings. The Labute approximate surface area is 237 Å². The molecule has 1 fully saturated rings. The molecular weight excluding hydrogens is 533 g/mol. The average molecular weight is 565 g/mol. The second-order valence-electron chi connectivity index (χ2n) is 10.2. The SMILES string of the molecule is CC(=O)Nc1cnc(C#Cc2cc(C(=O)Nc3ccc(CN4CCC(N(C)C)C4)c(C(F)(F)F)c3)ccc2C)cn1. The van der Waals surface area contributed by atoms with Crippen molar-refractivity contribution in [2.24, 2.45) is 0 Å². The van der Waals surface area contributed by atoms with Crippen molar-refractivity contribution in [1.82, 2.24) is 19.8 Å². The molecule has 1 aromatic heterocycles. The van der Waals surface area contributed by atoms with Gasteiger partial charge in [0.1, 0.15) is 5.69 Å². The van der Waals surface area contributed by atoms with E-state index in [0.29, 0.717) is 29.7 Å². The predicted molar refractivity (Wildman–Crippen MR) is 150 cm³/mol. The Morgan fingerprint density at radius 2 is 1.85 bits per heavy atom. The molecule has 4 rings (SSSR count). The van der Waals surface area contributed by atoms with Crippen LogP contribution in [0.1, 0.15) is 51.7 Å². The lowest BCUT2D eigenvalue weighted by atomic mass is 10.0. The summed E-state index contributed by atoms with van der Waals surface area (Å²) < 4.78 is 42.0. The van der Waals surface area contributed by atoms with Crippen LogP contribution >= 0.6 is 0 Å². The molecule has 1 saturated heterocycles. The standard InChI is InChI=1S/C30H31F3N6O2/c1-19-5-6-22(13-21(19)7-10-25-15-35-28(16-34-25)36-20(2)40)29(41)37-24-9-8-23(27(14-24)30(31,32)33)17-39-12-11-26(18-39)38(3)4/h5-6,8-9,13-16,26H,11-12,17-18H2,1-4H3,(H,37,41)(H,35,36,40). The molecule has 214 valence electrons. The summed E-state index contributed by atoms with van der Waals surface area (Å²) in [5, 5.41) is 5.11. The Hall–Kier alpha value is -4.27. The Morgan fingerprint density at radius 1 is 1.07 bits per heavy atom. The van der Waals surface area contributed by atoms with Crippen molar-refractivity contribution in [3.05, 3.63) is 82.3 Å². The minimum Gasteiger partial charge on any atom is -0.322 e. The number of carbonyl (C=O) groups excluding carboxylic acids is 2. The molecule has 2 N–H and O–H groups in total. The molecule has 1 atom stereocenters. The van der Waals surface area contributed by atoms with Crippen molar-refractivity contribution in [1.29, 1.82) is 0 Å². The molecule has 11 heteroatoms. The molecule has 0 aliphatic carbocycles. The Balaban J connectivity index is 1.49. The highest BCUT2D eigenvalue weighted by molar-refractivity contribution is 6.04. The van der Waals surface area contributed by atoms with Crippen molar-refractivity contribution in [2.45, 2.75) is 39.0 Å². The molecule has 0 radical (unpaired) electrons. The lowest BCUT2D eigenvalue weighted by Crippen LogP contribution is -2.31. The summed E-state index contributed by atoms with van der Waals surface area (Å²) in [6.07, 6.45) is -0.860. The molecule has 1 aliphatic heterocycles. The van der Waals surface area contributed by atoms with E-state index in [1.54, 1.807) is 18.2 Å². The number of aromatic nitrogens is 2. The lowest BCUT2D eigenvalue weighted by Gasteiger charge is -2.22. The van der Waals surface area contributed by atoms with Crippen LogP contribution in [0.25, 0.3) is 0 Å². The summed E-state index contributed by atoms with van der Waals surface area (Å²) in [5.74, 6) is 5.30. The molecule has 0 bridgehead atoms. The molecule has 2 heterocycles. The van der Waals surface area contributed by atoms with E-state index in [9.17, 15) is 22.8 Å². The topological polar surface area (TPSA) is 90.5 Å². The van der Waals surface area contributed by atoms with E-state index in [0.717, 1.165) is 24.6 Å². The highest BCUT2D eigenvalue weighted by Crippen LogP contribution is 2.35. The molecule has 0 spiro atoms. The second kappa shape index (κ2) is 12.5. The van der Waals surface area contributed by atoms with Gasteiger partial charge >= 0.3 is 6.18 Å². The van der Waals surface area contributed by atoms with Crippen LogP contribution in [0.15, 0.2) is 48.8 Å². The number of nitrogens with one attached hydrogen (secondary N) is 2. The minimum absolute atomic E-state index is 0.0569. The number of halogens is 3. The summed E-state index contributed by atoms with van der Waals surface area (Å²) in [4.78, 5) is 36.4. The van der Waals surface area contributed by atoms with Crippen molar-refractivity contribution in [2.75, 3.05) is 37.8 Å². The van der Waals surface area contributed by atoms with E-state index in [-0.39, 0.29) is 29.3 Å². The number of alkyl halides is 3. The first-order chi connectivity index (χ1) is 19.4. The highest BCUT2D eigenvalue weighted by Gasteiger charge is 2.35. The van der Waals surface area contributed by atoms with Crippen LogP contribution in [-0.2, 0) is 17.5 Å². The molecule has 8 nitrogen and oxygen atoms in total. The van der Waals surface area contributed by atoms with Crippen molar-refractivity contribution in [3.63, 3.8) is 0 Å². The van der Waals surface area contributed by atoms with E-state index in [1.165, 1.54) is 31.5 Å². The summed E-state index contributed by atoms with van der Waals surface area (Å²) >= 11 is 0. The van der Waals surface area contributed by atoms with Crippen LogP contribution in [0.4, 0.5) is 24.7 Å². The van der Waals surface area contributed by atoms with Crippen LogP contribution in [0, 0.1) is 18.8 Å². The number of benzene rings is 2. The average Bonchev–Trinajstić information content (AvgIpc) is 3.38. The van der Waals surface area contributed by atoms with Gasteiger partial charge in [0.2, 0.25) is 5.91 Å². The van der Waals surface area contributed by atoms with E-state index < -0.39 is 17.6 Å². The number of nitrogens with zero attached hydrogens (tertiary/aromatic N) is 4. The second-order valence-corrected chi connectivity index (χ2v) is 10.2. The fraction of sp³-hybridized carbons (Fsp3) is 0.333. The van der Waals surface area contributed by atoms with E-state index in [4.69, 9.17) is 0 Å². The van der Waals surface area contributed by atoms with Crippen LogP contribution in [0.2, 0.25) is 0 Å². The van der Waals surface area contributed by atoms with Gasteiger partial charge in [0, 0.05) is 49.4 Å². The maximum atomic E-state index is 14.0. The smallest absolute Gasteiger partial charge is 0.322 e. The van der Waals surface area contributed by atoms with E-state index >= 15 is 0 Å². The zero-order chi connectivity index (χ0) is 29.7. The number of likely N-dealkylation sites (tertiary alicyclic amines) is 1. The maximum Gasteiger partial charge on any atom is 0.416 e. The minimum atomic E-state index is -4.56. The van der Waals surface area contributed by atoms with Gasteiger partial charge in [-0.25, -0.2) is 9.97 Å². The molecule has 3 aromatic rings. The van der Waals surface area contributed by atoms with Crippen molar-refractivity contribution < 1.29 is 22.8 Å². The number of hydrogen-bond donors (Lipinski definition) is 2. The van der Waals surface area contributed by atoms with Gasteiger partial charge in [-0.1, -0.05) is 18.1 Å². The quantitative estimate of drug-likeness (QED) is 0.427. The summed E-state index contributed by atoms with van der Waals surface area (Å²) in [7, 11) is 3.94. The summed E-state index contributed by atoms with van der Waals surface area (Å²) in [6.45, 7) is 4.81. The number of aryl methyl sites for hydroxylation is 1. The Kier molecular flexibility index (Phi) is 9.05. The molecule has 2 aromatic carbocycles. The Bertz CT molecular complexity index is 1490. The monoisotopic (exact) mass is 564 g/mol. The first-order valence-electron chi connectivity index (χ1n) is 13.0. The number of hydrogen-bond acceptors (Lipinski definition) is 6. The first-order valence-corrected chi connectivity index (χ1v) is 13.0. The zero-order valence-corrected chi connectivity index (χ0v) is 23.3. The lowest BCUT2D eigenvalue weighted by molar-refractivity contribution is -0.138. The molecule has 1 unspecified atom stereocenters. The normalized spacial score (nSPS) is 15.4. The van der Waals surface area contributed by atoms with E-state index in [2.05, 4.69) is 37.3 Å². The van der Waals surface area contributed by atoms with E-state index in [1.807, 2.05) is 25.9 Å². The number of amides is 2. The van der Waals surface area contributed by atoms with Gasteiger partial charge in [0.05, 0.1) is 18.0 Å². The number of rotatable bonds is 6. The van der Waals surface area contributed by atoms with Crippen molar-refractivity contribution in [3.8, 4) is 11.8 Å². The van der Waals surface area contributed by atoms with Gasteiger partial charge < -0.3 is 15.5 Å². The predicted octanol–water partition coefficient (Wildman–Crippen LogP) is 4.55. The van der Waals surface area contributed by atoms with Crippen molar-refractivity contribution >= 4 is 23.3 Å². The maximum absolute atomic E-state index is 14.0. The van der Waals surface area contributed by atoms with Crippen LogP contribution in [0.5, 0.6) is 0 Å². The summed E-state index contributed by atoms with van der Waals surface area (Å²) in [5.41, 5.74) is 1.44. The van der Waals surface area contributed by atoms with Crippen LogP contribution in [-0.4, -0.2) is 64.8 Å². The number of anilines is 2. The van der Waals surface area contributed by atoms with Gasteiger partial charge in [-0.15, -0.1) is 0 Å². The summed E-state index contributed by atoms with van der Waals surface area (Å²) in [6, 6.07) is 9.12. The van der Waals surface area contributed by atoms with Gasteiger partial charge in [0.15, 0.2) is 5.82 Å². The molecule has 41 heavy (non-hydrogen) atoms. The number of carbonyl (C=O) groups is 2. The molecule has 2 amide bonds. The van der Waals surface area contributed by atoms with Crippen LogP contribution < -0.4 is 10.6 Å². The largest absolute Gasteiger partial charge is 0.416 e. The third kappa shape index (κ3) is 7.90. The Morgan fingerprint density at radius 3 is 2.49 bits per heavy atom. The fourth-order valence-electron chi connectivity index (χ4n) is 4.54. The van der Waals surface area contributed by atoms with Gasteiger partial charge in [-0.05, 0) is 68.8 Å². The fourth-order valence-corrected chi connectivity index (χ4v) is 4.54. The number of likely N-dealkylation sites (N-methyl/N-ethyl adjacent to an activating group) is 1. The van der Waals surface area contributed by atoms with Gasteiger partial charge in [0.25, 0.3) is 5.91 Å². The molecular formula is C30H31F3N6O2.